The first kappa shape index (κ1) is 14.4. The van der Waals surface area contributed by atoms with Crippen molar-refractivity contribution in [3.05, 3.63) is 48.0 Å². The molecule has 4 nitrogen and oxygen atoms in total. The van der Waals surface area contributed by atoms with Crippen LogP contribution in [0.2, 0.25) is 0 Å². The first-order valence-electron chi connectivity index (χ1n) is 6.66. The molecular weight excluding hydrogens is 255 g/mol. The van der Waals surface area contributed by atoms with Crippen LogP contribution in [0.5, 0.6) is 0 Å². The number of nitrogens with zero attached hydrogens (tertiary/aromatic N) is 3. The molecule has 0 aliphatic carbocycles. The lowest BCUT2D eigenvalue weighted by Gasteiger charge is -2.17. The Hall–Kier alpha value is -2.01. The number of anilines is 2. The van der Waals surface area contributed by atoms with Crippen LogP contribution in [0.3, 0.4) is 0 Å². The number of hydrogen-bond donors (Lipinski definition) is 1. The van der Waals surface area contributed by atoms with Gasteiger partial charge < -0.3 is 10.6 Å². The van der Waals surface area contributed by atoms with Gasteiger partial charge in [0.1, 0.15) is 5.82 Å². The maximum atomic E-state index is 12.9. The van der Waals surface area contributed by atoms with Crippen molar-refractivity contribution >= 4 is 11.6 Å². The van der Waals surface area contributed by atoms with Crippen LogP contribution in [0.25, 0.3) is 0 Å². The van der Waals surface area contributed by atoms with Gasteiger partial charge in [-0.05, 0) is 42.7 Å². The number of rotatable bonds is 5. The number of nitrogens with two attached hydrogens (primary N) is 1. The molecule has 0 aliphatic rings. The normalized spacial score (nSPS) is 12.2. The molecule has 0 radical (unpaired) electrons. The third-order valence-electron chi connectivity index (χ3n) is 3.23. The van der Waals surface area contributed by atoms with Crippen molar-refractivity contribution in [3.63, 3.8) is 0 Å². The molecule has 106 valence electrons. The van der Waals surface area contributed by atoms with E-state index in [-0.39, 0.29) is 11.9 Å². The molecule has 0 aliphatic heterocycles. The van der Waals surface area contributed by atoms with Crippen molar-refractivity contribution in [1.82, 2.24) is 9.97 Å². The minimum absolute atomic E-state index is 0.138. The molecule has 0 amide bonds. The van der Waals surface area contributed by atoms with Crippen molar-refractivity contribution in [2.75, 3.05) is 11.9 Å². The second kappa shape index (κ2) is 6.43. The van der Waals surface area contributed by atoms with Crippen LogP contribution in [0.4, 0.5) is 16.0 Å². The third kappa shape index (κ3) is 3.51. The second-order valence-electron chi connectivity index (χ2n) is 4.80. The van der Waals surface area contributed by atoms with Gasteiger partial charge in [0.2, 0.25) is 5.95 Å². The molecule has 1 unspecified atom stereocenters. The molecule has 2 aromatic rings. The van der Waals surface area contributed by atoms with E-state index in [4.69, 9.17) is 5.73 Å². The largest absolute Gasteiger partial charge is 0.327 e. The Bertz CT molecular complexity index is 539. The zero-order valence-corrected chi connectivity index (χ0v) is 11.8. The van der Waals surface area contributed by atoms with E-state index in [9.17, 15) is 4.39 Å². The molecule has 1 heterocycles. The van der Waals surface area contributed by atoms with Gasteiger partial charge in [-0.15, -0.1) is 0 Å². The summed E-state index contributed by atoms with van der Waals surface area (Å²) >= 11 is 0. The average Bonchev–Trinajstić information content (AvgIpc) is 2.48. The summed E-state index contributed by atoms with van der Waals surface area (Å²) in [7, 11) is 1.85. The highest BCUT2D eigenvalue weighted by Crippen LogP contribution is 2.19. The van der Waals surface area contributed by atoms with Crippen LogP contribution in [-0.4, -0.2) is 23.1 Å². The van der Waals surface area contributed by atoms with Gasteiger partial charge in [-0.2, -0.15) is 0 Å². The van der Waals surface area contributed by atoms with Gasteiger partial charge in [-0.1, -0.05) is 6.92 Å². The van der Waals surface area contributed by atoms with E-state index in [1.165, 1.54) is 12.1 Å². The van der Waals surface area contributed by atoms with Crippen LogP contribution in [0.15, 0.2) is 36.7 Å². The molecule has 1 aromatic heterocycles. The fourth-order valence-corrected chi connectivity index (χ4v) is 1.85. The summed E-state index contributed by atoms with van der Waals surface area (Å²) in [6, 6.07) is 6.36. The summed E-state index contributed by atoms with van der Waals surface area (Å²) in [6.45, 7) is 2.06. The highest BCUT2D eigenvalue weighted by atomic mass is 19.1. The number of aromatic nitrogens is 2. The van der Waals surface area contributed by atoms with E-state index in [0.717, 1.165) is 24.1 Å². The van der Waals surface area contributed by atoms with Crippen molar-refractivity contribution in [2.45, 2.75) is 25.8 Å². The van der Waals surface area contributed by atoms with Gasteiger partial charge in [0, 0.05) is 31.2 Å². The topological polar surface area (TPSA) is 55.0 Å². The highest BCUT2D eigenvalue weighted by Gasteiger charge is 2.08. The number of hydrogen-bond acceptors (Lipinski definition) is 4. The van der Waals surface area contributed by atoms with Gasteiger partial charge in [-0.25, -0.2) is 14.4 Å². The molecule has 0 saturated heterocycles. The van der Waals surface area contributed by atoms with Gasteiger partial charge >= 0.3 is 0 Å². The fraction of sp³-hybridized carbons (Fsp3) is 0.333. The average molecular weight is 274 g/mol. The zero-order valence-electron chi connectivity index (χ0n) is 11.8. The summed E-state index contributed by atoms with van der Waals surface area (Å²) in [4.78, 5) is 10.5. The quantitative estimate of drug-likeness (QED) is 0.910. The van der Waals surface area contributed by atoms with Crippen molar-refractivity contribution in [1.29, 1.82) is 0 Å². The minimum Gasteiger partial charge on any atom is -0.327 e. The van der Waals surface area contributed by atoms with E-state index in [2.05, 4.69) is 16.9 Å². The van der Waals surface area contributed by atoms with E-state index in [0.29, 0.717) is 5.95 Å². The van der Waals surface area contributed by atoms with Gasteiger partial charge in [0.05, 0.1) is 0 Å². The fourth-order valence-electron chi connectivity index (χ4n) is 1.85. The summed E-state index contributed by atoms with van der Waals surface area (Å²) in [6.07, 6.45) is 5.28. The van der Waals surface area contributed by atoms with Gasteiger partial charge in [0.15, 0.2) is 0 Å². The summed E-state index contributed by atoms with van der Waals surface area (Å²) in [5.74, 6) is 0.317. The predicted octanol–water partition coefficient (Wildman–Crippen LogP) is 2.66. The molecule has 1 aromatic carbocycles. The summed E-state index contributed by atoms with van der Waals surface area (Å²) in [5, 5.41) is 0. The lowest BCUT2D eigenvalue weighted by atomic mass is 10.1. The van der Waals surface area contributed by atoms with Gasteiger partial charge in [-0.3, -0.25) is 0 Å². The molecule has 0 fully saturated rings. The molecule has 0 bridgehead atoms. The van der Waals surface area contributed by atoms with E-state index in [1.54, 1.807) is 24.5 Å². The Morgan fingerprint density at radius 2 is 1.80 bits per heavy atom. The number of halogens is 1. The molecular formula is C15H19FN4. The Morgan fingerprint density at radius 3 is 2.35 bits per heavy atom. The van der Waals surface area contributed by atoms with Crippen molar-refractivity contribution < 1.29 is 4.39 Å². The molecule has 2 rings (SSSR count). The van der Waals surface area contributed by atoms with Crippen molar-refractivity contribution in [3.8, 4) is 0 Å². The summed E-state index contributed by atoms with van der Waals surface area (Å²) < 4.78 is 12.9. The van der Waals surface area contributed by atoms with E-state index in [1.807, 2.05) is 11.9 Å². The molecule has 20 heavy (non-hydrogen) atoms. The zero-order chi connectivity index (χ0) is 14.5. The molecule has 0 spiro atoms. The van der Waals surface area contributed by atoms with Crippen molar-refractivity contribution in [2.24, 2.45) is 5.73 Å². The molecule has 5 heteroatoms. The lowest BCUT2D eigenvalue weighted by molar-refractivity contribution is 0.628. The standard InChI is InChI=1S/C15H19FN4/c1-3-13(17)8-11-9-18-15(19-10-11)20(2)14-6-4-12(16)5-7-14/h4-7,9-10,13H,3,8,17H2,1-2H3. The van der Waals surface area contributed by atoms with Crippen LogP contribution in [0.1, 0.15) is 18.9 Å². The Kier molecular flexibility index (Phi) is 4.63. The molecule has 0 saturated carbocycles. The molecule has 2 N–H and O–H groups in total. The smallest absolute Gasteiger partial charge is 0.229 e. The van der Waals surface area contributed by atoms with Crippen LogP contribution in [-0.2, 0) is 6.42 Å². The lowest BCUT2D eigenvalue weighted by Crippen LogP contribution is -2.21. The predicted molar refractivity (Wildman–Crippen MR) is 78.5 cm³/mol. The third-order valence-corrected chi connectivity index (χ3v) is 3.23. The Labute approximate surface area is 118 Å². The second-order valence-corrected chi connectivity index (χ2v) is 4.80. The Balaban J connectivity index is 2.11. The van der Waals surface area contributed by atoms with Gasteiger partial charge in [0.25, 0.3) is 0 Å². The minimum atomic E-state index is -0.257. The van der Waals surface area contributed by atoms with Crippen LogP contribution >= 0.6 is 0 Å². The maximum Gasteiger partial charge on any atom is 0.229 e. The molecule has 1 atom stereocenters. The first-order chi connectivity index (χ1) is 9.60. The Morgan fingerprint density at radius 1 is 1.20 bits per heavy atom. The monoisotopic (exact) mass is 274 g/mol. The van der Waals surface area contributed by atoms with E-state index < -0.39 is 0 Å². The highest BCUT2D eigenvalue weighted by molar-refractivity contribution is 5.55. The number of benzene rings is 1. The SMILES string of the molecule is CCC(N)Cc1cnc(N(C)c2ccc(F)cc2)nc1. The summed E-state index contributed by atoms with van der Waals surface area (Å²) in [5.41, 5.74) is 7.77. The maximum absolute atomic E-state index is 12.9. The van der Waals surface area contributed by atoms with Crippen LogP contribution < -0.4 is 10.6 Å². The first-order valence-corrected chi connectivity index (χ1v) is 6.66. The van der Waals surface area contributed by atoms with Crippen LogP contribution in [0, 0.1) is 5.82 Å². The van der Waals surface area contributed by atoms with E-state index >= 15 is 0 Å².